The fraction of sp³-hybridized carbons (Fsp3) is 0.429. The molecule has 0 atom stereocenters. The van der Waals surface area contributed by atoms with E-state index < -0.39 is 0 Å². The standard InChI is InChI=1S/C21H26N4O2S/c1-6-8-17(26)20-19(16-11-10-13(3)14(4)12-16)25(18(27)9-7-2)24-15(5)22-23-21(24)28-20/h10-12H,6-9H2,1-5H3. The molecule has 1 aliphatic rings. The van der Waals surface area contributed by atoms with E-state index in [1.807, 2.05) is 52.8 Å². The number of ketones is 1. The average molecular weight is 399 g/mol. The molecule has 0 aliphatic carbocycles. The van der Waals surface area contributed by atoms with E-state index in [-0.39, 0.29) is 11.7 Å². The van der Waals surface area contributed by atoms with Crippen molar-refractivity contribution in [2.24, 2.45) is 0 Å². The maximum absolute atomic E-state index is 13.2. The molecule has 1 aromatic heterocycles. The molecule has 0 saturated heterocycles. The van der Waals surface area contributed by atoms with Gasteiger partial charge in [0.15, 0.2) is 11.6 Å². The smallest absolute Gasteiger partial charge is 0.246 e. The van der Waals surface area contributed by atoms with Crippen molar-refractivity contribution in [2.75, 3.05) is 5.01 Å². The number of allylic oxidation sites excluding steroid dienone is 1. The molecule has 6 nitrogen and oxygen atoms in total. The highest BCUT2D eigenvalue weighted by Crippen LogP contribution is 2.41. The molecule has 7 heteroatoms. The lowest BCUT2D eigenvalue weighted by Crippen LogP contribution is -2.42. The Labute approximate surface area is 170 Å². The lowest BCUT2D eigenvalue weighted by Gasteiger charge is -2.33. The predicted octanol–water partition coefficient (Wildman–Crippen LogP) is 4.31. The second kappa shape index (κ2) is 8.31. The highest BCUT2D eigenvalue weighted by molar-refractivity contribution is 8.04. The van der Waals surface area contributed by atoms with E-state index >= 15 is 0 Å². The summed E-state index contributed by atoms with van der Waals surface area (Å²) in [7, 11) is 0. The zero-order valence-corrected chi connectivity index (χ0v) is 17.9. The zero-order valence-electron chi connectivity index (χ0n) is 17.1. The van der Waals surface area contributed by atoms with Crippen molar-refractivity contribution in [1.82, 2.24) is 14.9 Å². The second-order valence-corrected chi connectivity index (χ2v) is 8.03. The van der Waals surface area contributed by atoms with Crippen LogP contribution in [0.15, 0.2) is 28.3 Å². The number of rotatable bonds is 6. The van der Waals surface area contributed by atoms with Gasteiger partial charge in [0, 0.05) is 18.4 Å². The summed E-state index contributed by atoms with van der Waals surface area (Å²) in [5.74, 6) is 0.583. The van der Waals surface area contributed by atoms with Gasteiger partial charge in [-0.25, -0.2) is 9.69 Å². The normalized spacial score (nSPS) is 13.7. The number of benzene rings is 1. The number of carbonyl (C=O) groups is 2. The SMILES string of the molecule is CCCC(=O)C1=C(c2ccc(C)c(C)c2)N(C(=O)CCC)n2c(C)nnc2S1. The summed E-state index contributed by atoms with van der Waals surface area (Å²) in [5, 5.41) is 10.5. The predicted molar refractivity (Wildman–Crippen MR) is 111 cm³/mol. The van der Waals surface area contributed by atoms with E-state index in [0.29, 0.717) is 34.4 Å². The van der Waals surface area contributed by atoms with Crippen molar-refractivity contribution in [3.63, 3.8) is 0 Å². The van der Waals surface area contributed by atoms with Crippen molar-refractivity contribution < 1.29 is 9.59 Å². The highest BCUT2D eigenvalue weighted by atomic mass is 32.2. The van der Waals surface area contributed by atoms with Crippen LogP contribution in [0.4, 0.5) is 0 Å². The summed E-state index contributed by atoms with van der Waals surface area (Å²) in [6, 6.07) is 6.05. The highest BCUT2D eigenvalue weighted by Gasteiger charge is 2.35. The summed E-state index contributed by atoms with van der Waals surface area (Å²) >= 11 is 1.30. The molecule has 148 valence electrons. The van der Waals surface area contributed by atoms with Crippen molar-refractivity contribution >= 4 is 29.1 Å². The molecule has 0 spiro atoms. The number of Topliss-reactive ketones (excluding diaryl/α,β-unsaturated/α-hetero) is 1. The lowest BCUT2D eigenvalue weighted by atomic mass is 10.0. The number of amides is 1. The number of carbonyl (C=O) groups excluding carboxylic acids is 2. The van der Waals surface area contributed by atoms with E-state index in [1.54, 1.807) is 9.69 Å². The molecule has 1 aromatic carbocycles. The van der Waals surface area contributed by atoms with Gasteiger partial charge < -0.3 is 0 Å². The third kappa shape index (κ3) is 3.63. The Morgan fingerprint density at radius 1 is 1.00 bits per heavy atom. The van der Waals surface area contributed by atoms with E-state index in [1.165, 1.54) is 17.3 Å². The maximum atomic E-state index is 13.2. The molecule has 0 unspecified atom stereocenters. The molecular formula is C21H26N4O2S. The van der Waals surface area contributed by atoms with Gasteiger partial charge in [0.25, 0.3) is 0 Å². The van der Waals surface area contributed by atoms with Crippen LogP contribution in [-0.4, -0.2) is 26.6 Å². The van der Waals surface area contributed by atoms with Gasteiger partial charge >= 0.3 is 0 Å². The fourth-order valence-corrected chi connectivity index (χ4v) is 4.28. The van der Waals surface area contributed by atoms with Crippen LogP contribution in [0.1, 0.15) is 62.0 Å². The number of hydrogen-bond donors (Lipinski definition) is 0. The van der Waals surface area contributed by atoms with Gasteiger partial charge in [-0.3, -0.25) is 9.59 Å². The van der Waals surface area contributed by atoms with Gasteiger partial charge in [0.05, 0.1) is 10.6 Å². The van der Waals surface area contributed by atoms with Crippen LogP contribution in [0, 0.1) is 20.8 Å². The Balaban J connectivity index is 2.28. The van der Waals surface area contributed by atoms with Crippen LogP contribution in [0.5, 0.6) is 0 Å². The number of aryl methyl sites for hydroxylation is 3. The number of hydrogen-bond acceptors (Lipinski definition) is 5. The lowest BCUT2D eigenvalue weighted by molar-refractivity contribution is -0.119. The minimum Gasteiger partial charge on any atom is -0.294 e. The molecule has 0 radical (unpaired) electrons. The molecular weight excluding hydrogens is 372 g/mol. The molecule has 0 saturated carbocycles. The monoisotopic (exact) mass is 398 g/mol. The van der Waals surface area contributed by atoms with Gasteiger partial charge in [0.1, 0.15) is 0 Å². The Hall–Kier alpha value is -2.41. The molecule has 3 rings (SSSR count). The first-order chi connectivity index (χ1) is 13.4. The van der Waals surface area contributed by atoms with Crippen LogP contribution in [0.3, 0.4) is 0 Å². The number of fused-ring (bicyclic) bond motifs is 1. The Morgan fingerprint density at radius 2 is 1.71 bits per heavy atom. The van der Waals surface area contributed by atoms with Gasteiger partial charge in [-0.2, -0.15) is 0 Å². The Morgan fingerprint density at radius 3 is 2.36 bits per heavy atom. The first-order valence-electron chi connectivity index (χ1n) is 9.67. The topological polar surface area (TPSA) is 68.1 Å². The number of nitrogens with zero attached hydrogens (tertiary/aromatic N) is 4. The quantitative estimate of drug-likeness (QED) is 0.725. The molecule has 1 aliphatic heterocycles. The third-order valence-corrected chi connectivity index (χ3v) is 5.86. The average Bonchev–Trinajstić information content (AvgIpc) is 3.03. The van der Waals surface area contributed by atoms with Crippen LogP contribution in [0.2, 0.25) is 0 Å². The maximum Gasteiger partial charge on any atom is 0.246 e. The van der Waals surface area contributed by atoms with Crippen molar-refractivity contribution in [1.29, 1.82) is 0 Å². The van der Waals surface area contributed by atoms with E-state index in [4.69, 9.17) is 0 Å². The zero-order chi connectivity index (χ0) is 20.4. The second-order valence-electron chi connectivity index (χ2n) is 7.05. The molecule has 0 fully saturated rings. The summed E-state index contributed by atoms with van der Waals surface area (Å²) < 4.78 is 1.73. The number of thioether (sulfide) groups is 1. The van der Waals surface area contributed by atoms with Crippen LogP contribution >= 0.6 is 11.8 Å². The van der Waals surface area contributed by atoms with Crippen LogP contribution in [0.25, 0.3) is 5.70 Å². The van der Waals surface area contributed by atoms with Crippen molar-refractivity contribution in [2.45, 2.75) is 65.5 Å². The van der Waals surface area contributed by atoms with Crippen LogP contribution in [-0.2, 0) is 9.59 Å². The summed E-state index contributed by atoms with van der Waals surface area (Å²) in [6.45, 7) is 9.86. The first kappa shape index (κ1) is 20.3. The van der Waals surface area contributed by atoms with Crippen molar-refractivity contribution in [3.8, 4) is 0 Å². The fourth-order valence-electron chi connectivity index (χ4n) is 3.20. The number of aromatic nitrogens is 3. The molecule has 2 aromatic rings. The van der Waals surface area contributed by atoms with E-state index in [2.05, 4.69) is 10.2 Å². The summed E-state index contributed by atoms with van der Waals surface area (Å²) in [6.07, 6.45) is 2.28. The molecule has 28 heavy (non-hydrogen) atoms. The third-order valence-electron chi connectivity index (χ3n) is 4.80. The van der Waals surface area contributed by atoms with Gasteiger partial charge in [-0.1, -0.05) is 26.0 Å². The van der Waals surface area contributed by atoms with E-state index in [0.717, 1.165) is 24.0 Å². The van der Waals surface area contributed by atoms with Gasteiger partial charge in [-0.05, 0) is 62.6 Å². The van der Waals surface area contributed by atoms with Gasteiger partial charge in [0.2, 0.25) is 11.1 Å². The molecule has 2 heterocycles. The van der Waals surface area contributed by atoms with Gasteiger partial charge in [-0.15, -0.1) is 10.2 Å². The van der Waals surface area contributed by atoms with E-state index in [9.17, 15) is 9.59 Å². The molecule has 0 bridgehead atoms. The summed E-state index contributed by atoms with van der Waals surface area (Å²) in [5.41, 5.74) is 3.78. The van der Waals surface area contributed by atoms with Crippen molar-refractivity contribution in [3.05, 3.63) is 45.6 Å². The molecule has 0 N–H and O–H groups in total. The summed E-state index contributed by atoms with van der Waals surface area (Å²) in [4.78, 5) is 26.7. The first-order valence-corrected chi connectivity index (χ1v) is 10.5. The minimum absolute atomic E-state index is 0.0296. The molecule has 1 amide bonds. The Bertz CT molecular complexity index is 961. The van der Waals surface area contributed by atoms with Crippen LogP contribution < -0.4 is 5.01 Å². The largest absolute Gasteiger partial charge is 0.294 e. The minimum atomic E-state index is -0.0676. The Kier molecular flexibility index (Phi) is 6.03.